The number of benzene rings is 2. The van der Waals surface area contributed by atoms with Crippen LogP contribution in [0.2, 0.25) is 10.0 Å². The average molecular weight is 774 g/mol. The number of sulfone groups is 2. The number of carbonyl (C=O) groups is 2. The molecule has 268 valence electrons. The molecule has 10 nitrogen and oxygen atoms in total. The molecule has 0 aliphatic heterocycles. The molecule has 2 aromatic heterocycles. The van der Waals surface area contributed by atoms with Crippen molar-refractivity contribution in [3.63, 3.8) is 0 Å². The van der Waals surface area contributed by atoms with Crippen LogP contribution in [0.1, 0.15) is 45.7 Å². The molecule has 2 heterocycles. The largest absolute Gasteiger partial charge is 0.416 e. The van der Waals surface area contributed by atoms with E-state index in [1.54, 1.807) is 12.3 Å². The third kappa shape index (κ3) is 9.19. The van der Waals surface area contributed by atoms with Gasteiger partial charge in [-0.1, -0.05) is 30.1 Å². The van der Waals surface area contributed by atoms with Crippen molar-refractivity contribution in [2.45, 2.75) is 66.5 Å². The molecule has 50 heavy (non-hydrogen) atoms. The molecule has 0 fully saturated rings. The number of rotatable bonds is 9. The molecule has 0 spiro atoms. The van der Waals surface area contributed by atoms with Crippen LogP contribution in [0.5, 0.6) is 0 Å². The van der Waals surface area contributed by atoms with E-state index in [4.69, 9.17) is 23.2 Å². The first kappa shape index (κ1) is 40.4. The van der Waals surface area contributed by atoms with Crippen molar-refractivity contribution >= 4 is 66.3 Å². The zero-order valence-corrected chi connectivity index (χ0v) is 30.5. The van der Waals surface area contributed by atoms with E-state index in [-0.39, 0.29) is 9.79 Å². The standard InChI is InChI=1S/C17H19ClN2O3S.C16H14ClF3N2O3S/c1-4-12-9-10-19-15(11-12)20-16(21)17(2,3)24(22,23)14-7-5-13(18)6-8-14;1-15(2,26(24,25)12-5-3-11(17)4-6-12)14(23)22-13-9-10(7-8-21-13)16(18,19)20/h5-11H,4H2,1-3H3,(H,19,20,21);3-9H,1-2H3,(H,21,22,23). The number of carbonyl (C=O) groups excluding carboxylic acids is 2. The predicted octanol–water partition coefficient (Wildman–Crippen LogP) is 7.43. The van der Waals surface area contributed by atoms with E-state index in [9.17, 15) is 39.6 Å². The molecule has 0 aliphatic rings. The summed E-state index contributed by atoms with van der Waals surface area (Å²) in [6.07, 6.45) is -1.38. The third-order valence-corrected chi connectivity index (χ3v) is 12.8. The first-order valence-electron chi connectivity index (χ1n) is 14.7. The molecule has 0 unspecified atom stereocenters. The number of hydrogen-bond acceptors (Lipinski definition) is 8. The molecule has 0 atom stereocenters. The number of nitrogens with zero attached hydrogens (tertiary/aromatic N) is 2. The fraction of sp³-hybridized carbons (Fsp3) is 0.273. The summed E-state index contributed by atoms with van der Waals surface area (Å²) in [5.41, 5.74) is -0.0140. The lowest BCUT2D eigenvalue weighted by atomic mass is 10.2. The number of aryl methyl sites for hydroxylation is 1. The Morgan fingerprint density at radius 1 is 0.660 bits per heavy atom. The van der Waals surface area contributed by atoms with Gasteiger partial charge in [0.1, 0.15) is 21.1 Å². The normalized spacial score (nSPS) is 12.4. The van der Waals surface area contributed by atoms with Gasteiger partial charge in [0, 0.05) is 22.4 Å². The van der Waals surface area contributed by atoms with Gasteiger partial charge in [-0.25, -0.2) is 26.8 Å². The van der Waals surface area contributed by atoms with Crippen molar-refractivity contribution in [2.75, 3.05) is 10.6 Å². The van der Waals surface area contributed by atoms with E-state index in [2.05, 4.69) is 20.6 Å². The van der Waals surface area contributed by atoms with Gasteiger partial charge in [0.2, 0.25) is 11.8 Å². The van der Waals surface area contributed by atoms with Crippen molar-refractivity contribution in [2.24, 2.45) is 0 Å². The lowest BCUT2D eigenvalue weighted by Crippen LogP contribution is -2.44. The van der Waals surface area contributed by atoms with Gasteiger partial charge in [-0.05, 0) is 112 Å². The highest BCUT2D eigenvalue weighted by Gasteiger charge is 2.44. The van der Waals surface area contributed by atoms with Crippen LogP contribution in [-0.2, 0) is 41.9 Å². The fourth-order valence-corrected chi connectivity index (χ4v) is 7.04. The lowest BCUT2D eigenvalue weighted by Gasteiger charge is -2.23. The van der Waals surface area contributed by atoms with Crippen molar-refractivity contribution in [1.82, 2.24) is 9.97 Å². The second-order valence-corrected chi connectivity index (χ2v) is 17.5. The molecule has 17 heteroatoms. The second-order valence-electron chi connectivity index (χ2n) is 11.7. The molecule has 0 bridgehead atoms. The Hall–Kier alpha value is -4.05. The Bertz CT molecular complexity index is 2080. The number of nitrogens with one attached hydrogen (secondary N) is 2. The Morgan fingerprint density at radius 2 is 1.04 bits per heavy atom. The highest BCUT2D eigenvalue weighted by molar-refractivity contribution is 7.94. The van der Waals surface area contributed by atoms with Gasteiger partial charge >= 0.3 is 6.18 Å². The van der Waals surface area contributed by atoms with Gasteiger partial charge < -0.3 is 10.6 Å². The van der Waals surface area contributed by atoms with Crippen molar-refractivity contribution in [1.29, 1.82) is 0 Å². The van der Waals surface area contributed by atoms with Crippen LogP contribution in [0.25, 0.3) is 0 Å². The van der Waals surface area contributed by atoms with E-state index in [1.807, 2.05) is 13.0 Å². The van der Waals surface area contributed by atoms with Crippen molar-refractivity contribution in [3.8, 4) is 0 Å². The summed E-state index contributed by atoms with van der Waals surface area (Å²) >= 11 is 11.5. The Morgan fingerprint density at radius 3 is 1.42 bits per heavy atom. The first-order chi connectivity index (χ1) is 23.0. The smallest absolute Gasteiger partial charge is 0.309 e. The van der Waals surface area contributed by atoms with Crippen LogP contribution in [0, 0.1) is 0 Å². The minimum absolute atomic E-state index is 0.0438. The van der Waals surface area contributed by atoms with E-state index in [0.717, 1.165) is 38.1 Å². The van der Waals surface area contributed by atoms with E-state index in [1.165, 1.54) is 62.4 Å². The highest BCUT2D eigenvalue weighted by Crippen LogP contribution is 2.32. The number of pyridine rings is 2. The topological polar surface area (TPSA) is 152 Å². The Labute approximate surface area is 298 Å². The number of halogens is 5. The molecule has 2 aromatic carbocycles. The number of aromatic nitrogens is 2. The zero-order valence-electron chi connectivity index (χ0n) is 27.3. The van der Waals surface area contributed by atoms with Gasteiger partial charge in [-0.2, -0.15) is 13.2 Å². The molecule has 2 N–H and O–H groups in total. The Balaban J connectivity index is 0.000000271. The maximum absolute atomic E-state index is 12.8. The molecule has 0 radical (unpaired) electrons. The molecule has 4 aromatic rings. The van der Waals surface area contributed by atoms with Crippen LogP contribution in [-0.4, -0.2) is 48.1 Å². The fourth-order valence-electron chi connectivity index (χ4n) is 4.03. The van der Waals surface area contributed by atoms with Gasteiger partial charge in [0.25, 0.3) is 0 Å². The van der Waals surface area contributed by atoms with E-state index >= 15 is 0 Å². The summed E-state index contributed by atoms with van der Waals surface area (Å²) < 4.78 is 85.6. The second kappa shape index (κ2) is 15.5. The SMILES string of the molecule is CC(C)(C(=O)Nc1cc(C(F)(F)F)ccn1)S(=O)(=O)c1ccc(Cl)cc1.CCc1ccnc(NC(=O)C(C)(C)S(=O)(=O)c2ccc(Cl)cc2)c1. The summed E-state index contributed by atoms with van der Waals surface area (Å²) in [6.45, 7) is 7.03. The van der Waals surface area contributed by atoms with Crippen LogP contribution >= 0.6 is 23.2 Å². The van der Waals surface area contributed by atoms with Gasteiger partial charge in [-0.3, -0.25) is 9.59 Å². The molecule has 0 saturated carbocycles. The zero-order chi connectivity index (χ0) is 37.7. The van der Waals surface area contributed by atoms with Crippen LogP contribution < -0.4 is 10.6 Å². The van der Waals surface area contributed by atoms with Crippen molar-refractivity contribution < 1.29 is 39.6 Å². The van der Waals surface area contributed by atoms with Gasteiger partial charge in [-0.15, -0.1) is 0 Å². The summed E-state index contributed by atoms with van der Waals surface area (Å²) in [7, 11) is -8.02. The van der Waals surface area contributed by atoms with Gasteiger partial charge in [0.15, 0.2) is 19.7 Å². The number of amides is 2. The lowest BCUT2D eigenvalue weighted by molar-refractivity contribution is -0.137. The molecular weight excluding hydrogens is 740 g/mol. The van der Waals surface area contributed by atoms with Crippen LogP contribution in [0.15, 0.2) is 95.0 Å². The van der Waals surface area contributed by atoms with Crippen molar-refractivity contribution in [3.05, 3.63) is 106 Å². The predicted molar refractivity (Wildman–Crippen MR) is 186 cm³/mol. The van der Waals surface area contributed by atoms with Gasteiger partial charge in [0.05, 0.1) is 15.4 Å². The number of anilines is 2. The summed E-state index contributed by atoms with van der Waals surface area (Å²) in [5, 5.41) is 5.46. The van der Waals surface area contributed by atoms with Crippen LogP contribution in [0.4, 0.5) is 24.8 Å². The van der Waals surface area contributed by atoms with E-state index in [0.29, 0.717) is 21.9 Å². The molecule has 0 aliphatic carbocycles. The quantitative estimate of drug-likeness (QED) is 0.178. The summed E-state index contributed by atoms with van der Waals surface area (Å²) in [6, 6.07) is 15.9. The summed E-state index contributed by atoms with van der Waals surface area (Å²) in [4.78, 5) is 32.6. The average Bonchev–Trinajstić information content (AvgIpc) is 3.05. The Kier molecular flexibility index (Phi) is 12.5. The minimum atomic E-state index is -4.62. The monoisotopic (exact) mass is 772 g/mol. The molecule has 0 saturated heterocycles. The minimum Gasteiger partial charge on any atom is -0.309 e. The molecule has 2 amide bonds. The highest BCUT2D eigenvalue weighted by atomic mass is 35.5. The molecule has 4 rings (SSSR count). The molecular formula is C33H33Cl2F3N4O6S2. The maximum atomic E-state index is 12.8. The maximum Gasteiger partial charge on any atom is 0.416 e. The third-order valence-electron chi connectivity index (χ3n) is 7.49. The first-order valence-corrected chi connectivity index (χ1v) is 18.4. The van der Waals surface area contributed by atoms with E-state index < -0.39 is 58.5 Å². The number of alkyl halides is 3. The summed E-state index contributed by atoms with van der Waals surface area (Å²) in [5.74, 6) is -1.72. The van der Waals surface area contributed by atoms with Crippen LogP contribution in [0.3, 0.4) is 0 Å². The number of hydrogen-bond donors (Lipinski definition) is 2.